The summed E-state index contributed by atoms with van der Waals surface area (Å²) in [6.45, 7) is 5.86. The standard InChI is InChI=1S/C27H44O7/c1-4-5-6-7-8-9-10-11-12-13-14-15-16-17-18-20(25(29)30)22-23(28)24(33-26(22)31)21-19-32-27(2,3)34-21/h11-12,20-21,24,28H,4-10,13-19H2,1-3H3,(H,29,30)/b12-11-. The van der Waals surface area contributed by atoms with E-state index in [2.05, 4.69) is 19.1 Å². The number of cyclic esters (lactones) is 1. The second-order valence-corrected chi connectivity index (χ2v) is 9.90. The fourth-order valence-electron chi connectivity index (χ4n) is 4.56. The van der Waals surface area contributed by atoms with Crippen molar-refractivity contribution >= 4 is 11.9 Å². The zero-order chi connectivity index (χ0) is 25.0. The highest BCUT2D eigenvalue weighted by Gasteiger charge is 2.48. The van der Waals surface area contributed by atoms with E-state index in [4.69, 9.17) is 14.2 Å². The van der Waals surface area contributed by atoms with Gasteiger partial charge in [-0.1, -0.05) is 70.4 Å². The van der Waals surface area contributed by atoms with Gasteiger partial charge in [0.15, 0.2) is 11.9 Å². The van der Waals surface area contributed by atoms with E-state index in [1.54, 1.807) is 13.8 Å². The molecule has 2 heterocycles. The average Bonchev–Trinajstić information content (AvgIpc) is 3.29. The Morgan fingerprint density at radius 1 is 1.03 bits per heavy atom. The Hall–Kier alpha value is -1.86. The molecule has 34 heavy (non-hydrogen) atoms. The number of esters is 1. The van der Waals surface area contributed by atoms with Crippen molar-refractivity contribution in [2.75, 3.05) is 6.61 Å². The number of hydrogen-bond acceptors (Lipinski definition) is 6. The Bertz CT molecular complexity index is 710. The lowest BCUT2D eigenvalue weighted by atomic mass is 9.91. The fraction of sp³-hybridized carbons (Fsp3) is 0.778. The van der Waals surface area contributed by atoms with Crippen molar-refractivity contribution < 1.29 is 34.0 Å². The number of aliphatic carboxylic acids is 1. The Balaban J connectivity index is 1.68. The van der Waals surface area contributed by atoms with Crippen LogP contribution in [0.5, 0.6) is 0 Å². The Kier molecular flexibility index (Phi) is 12.1. The zero-order valence-electron chi connectivity index (χ0n) is 21.2. The van der Waals surface area contributed by atoms with Crippen LogP contribution in [0.4, 0.5) is 0 Å². The summed E-state index contributed by atoms with van der Waals surface area (Å²) in [6.07, 6.45) is 16.9. The maximum Gasteiger partial charge on any atom is 0.339 e. The molecule has 3 unspecified atom stereocenters. The molecule has 2 N–H and O–H groups in total. The highest BCUT2D eigenvalue weighted by Crippen LogP contribution is 2.36. The molecule has 0 radical (unpaired) electrons. The SMILES string of the molecule is CCCCCCCC/C=C\CCCCCCC(C(=O)O)C1=C(O)C(C2COC(C)(C)O2)OC1=O. The molecule has 0 amide bonds. The van der Waals surface area contributed by atoms with Crippen LogP contribution in [0.1, 0.15) is 104 Å². The number of carbonyl (C=O) groups is 2. The number of allylic oxidation sites excluding steroid dienone is 2. The van der Waals surface area contributed by atoms with Gasteiger partial charge in [-0.15, -0.1) is 0 Å². The molecule has 0 aromatic rings. The molecule has 1 saturated heterocycles. The summed E-state index contributed by atoms with van der Waals surface area (Å²) in [5, 5.41) is 20.3. The number of unbranched alkanes of at least 4 members (excludes halogenated alkanes) is 10. The summed E-state index contributed by atoms with van der Waals surface area (Å²) in [5.41, 5.74) is -0.150. The summed E-state index contributed by atoms with van der Waals surface area (Å²) >= 11 is 0. The molecular weight excluding hydrogens is 436 g/mol. The van der Waals surface area contributed by atoms with Gasteiger partial charge in [0, 0.05) is 0 Å². The minimum Gasteiger partial charge on any atom is -0.508 e. The van der Waals surface area contributed by atoms with Crippen molar-refractivity contribution in [3.8, 4) is 0 Å². The topological polar surface area (TPSA) is 102 Å². The van der Waals surface area contributed by atoms with Crippen molar-refractivity contribution in [3.63, 3.8) is 0 Å². The van der Waals surface area contributed by atoms with E-state index in [-0.39, 0.29) is 24.4 Å². The number of hydrogen-bond donors (Lipinski definition) is 2. The van der Waals surface area contributed by atoms with Crippen LogP contribution < -0.4 is 0 Å². The first-order valence-electron chi connectivity index (χ1n) is 13.1. The number of aliphatic hydroxyl groups excluding tert-OH is 1. The molecular formula is C27H44O7. The molecule has 194 valence electrons. The lowest BCUT2D eigenvalue weighted by Crippen LogP contribution is -2.32. The van der Waals surface area contributed by atoms with E-state index in [0.717, 1.165) is 32.1 Å². The van der Waals surface area contributed by atoms with Crippen LogP contribution >= 0.6 is 0 Å². The first-order chi connectivity index (χ1) is 16.3. The maximum absolute atomic E-state index is 12.4. The van der Waals surface area contributed by atoms with Crippen LogP contribution in [-0.2, 0) is 23.8 Å². The minimum atomic E-state index is -1.12. The highest BCUT2D eigenvalue weighted by molar-refractivity contribution is 5.97. The van der Waals surface area contributed by atoms with E-state index >= 15 is 0 Å². The molecule has 0 aromatic carbocycles. The van der Waals surface area contributed by atoms with Gasteiger partial charge in [-0.2, -0.15) is 0 Å². The quantitative estimate of drug-likeness (QED) is 0.145. The number of carbonyl (C=O) groups excluding carboxylic acids is 1. The molecule has 7 nitrogen and oxygen atoms in total. The van der Waals surface area contributed by atoms with E-state index in [0.29, 0.717) is 6.42 Å². The Morgan fingerprint density at radius 3 is 2.18 bits per heavy atom. The van der Waals surface area contributed by atoms with Gasteiger partial charge in [-0.05, 0) is 46.0 Å². The Labute approximate surface area is 204 Å². The first-order valence-corrected chi connectivity index (χ1v) is 13.1. The van der Waals surface area contributed by atoms with Crippen molar-refractivity contribution in [2.24, 2.45) is 5.92 Å². The third-order valence-electron chi connectivity index (χ3n) is 6.52. The molecule has 0 spiro atoms. The summed E-state index contributed by atoms with van der Waals surface area (Å²) in [6, 6.07) is 0. The first kappa shape index (κ1) is 28.4. The lowest BCUT2D eigenvalue weighted by molar-refractivity contribution is -0.162. The smallest absolute Gasteiger partial charge is 0.339 e. The number of aliphatic hydroxyl groups is 1. The van der Waals surface area contributed by atoms with E-state index in [9.17, 15) is 19.8 Å². The van der Waals surface area contributed by atoms with Crippen LogP contribution in [0.3, 0.4) is 0 Å². The third-order valence-corrected chi connectivity index (χ3v) is 6.52. The van der Waals surface area contributed by atoms with Crippen LogP contribution in [0.15, 0.2) is 23.5 Å². The predicted molar refractivity (Wildman–Crippen MR) is 130 cm³/mol. The largest absolute Gasteiger partial charge is 0.508 e. The van der Waals surface area contributed by atoms with Gasteiger partial charge in [0.25, 0.3) is 0 Å². The molecule has 0 aromatic heterocycles. The molecule has 2 aliphatic rings. The zero-order valence-corrected chi connectivity index (χ0v) is 21.2. The summed E-state index contributed by atoms with van der Waals surface area (Å²) in [5.74, 6) is -4.15. The molecule has 7 heteroatoms. The highest BCUT2D eigenvalue weighted by atomic mass is 16.8. The molecule has 3 atom stereocenters. The molecule has 0 saturated carbocycles. The summed E-state index contributed by atoms with van der Waals surface area (Å²) in [4.78, 5) is 24.3. The van der Waals surface area contributed by atoms with Gasteiger partial charge in [-0.25, -0.2) is 4.79 Å². The van der Waals surface area contributed by atoms with Gasteiger partial charge in [0.1, 0.15) is 11.9 Å². The number of ether oxygens (including phenoxy) is 3. The number of rotatable bonds is 17. The van der Waals surface area contributed by atoms with Gasteiger partial charge >= 0.3 is 11.9 Å². The minimum absolute atomic E-state index is 0.150. The monoisotopic (exact) mass is 480 g/mol. The van der Waals surface area contributed by atoms with E-state index < -0.39 is 35.9 Å². The second-order valence-electron chi connectivity index (χ2n) is 9.90. The average molecular weight is 481 g/mol. The van der Waals surface area contributed by atoms with E-state index in [1.807, 2.05) is 0 Å². The predicted octanol–water partition coefficient (Wildman–Crippen LogP) is 6.22. The van der Waals surface area contributed by atoms with Gasteiger partial charge < -0.3 is 24.4 Å². The van der Waals surface area contributed by atoms with Crippen LogP contribution in [0.2, 0.25) is 0 Å². The molecule has 2 aliphatic heterocycles. The van der Waals surface area contributed by atoms with Crippen molar-refractivity contribution in [3.05, 3.63) is 23.5 Å². The molecule has 0 aliphatic carbocycles. The van der Waals surface area contributed by atoms with Crippen molar-refractivity contribution in [2.45, 2.75) is 122 Å². The van der Waals surface area contributed by atoms with Gasteiger partial charge in [-0.3, -0.25) is 4.79 Å². The number of carboxylic acid groups (broad SMARTS) is 1. The van der Waals surface area contributed by atoms with Crippen molar-refractivity contribution in [1.82, 2.24) is 0 Å². The van der Waals surface area contributed by atoms with Gasteiger partial charge in [0.05, 0.1) is 18.1 Å². The normalized spacial score (nSPS) is 23.1. The summed E-state index contributed by atoms with van der Waals surface area (Å²) < 4.78 is 16.4. The Morgan fingerprint density at radius 2 is 1.62 bits per heavy atom. The third kappa shape index (κ3) is 9.06. The lowest BCUT2D eigenvalue weighted by Gasteiger charge is -2.20. The second kappa shape index (κ2) is 14.5. The number of carboxylic acids is 1. The summed E-state index contributed by atoms with van der Waals surface area (Å²) in [7, 11) is 0. The van der Waals surface area contributed by atoms with E-state index in [1.165, 1.54) is 38.5 Å². The van der Waals surface area contributed by atoms with Crippen LogP contribution in [0.25, 0.3) is 0 Å². The van der Waals surface area contributed by atoms with Crippen LogP contribution in [-0.4, -0.2) is 46.8 Å². The van der Waals surface area contributed by atoms with Crippen LogP contribution in [0, 0.1) is 5.92 Å². The molecule has 0 bridgehead atoms. The molecule has 2 rings (SSSR count). The maximum atomic E-state index is 12.4. The molecule has 1 fully saturated rings. The fourth-order valence-corrected chi connectivity index (χ4v) is 4.56. The van der Waals surface area contributed by atoms with Crippen molar-refractivity contribution in [1.29, 1.82) is 0 Å². The van der Waals surface area contributed by atoms with Gasteiger partial charge in [0.2, 0.25) is 0 Å².